The molecule has 1 aliphatic carbocycles. The zero-order valence-electron chi connectivity index (χ0n) is 22.7. The number of thioether (sulfide) groups is 1. The van der Waals surface area contributed by atoms with Crippen molar-refractivity contribution in [2.75, 3.05) is 5.75 Å². The van der Waals surface area contributed by atoms with E-state index in [2.05, 4.69) is 67.7 Å². The lowest BCUT2D eigenvalue weighted by Crippen LogP contribution is -2.52. The summed E-state index contributed by atoms with van der Waals surface area (Å²) in [5.74, 6) is 0.659. The summed E-state index contributed by atoms with van der Waals surface area (Å²) in [7, 11) is 0. The topological polar surface area (TPSA) is 49.4 Å². The van der Waals surface area contributed by atoms with Crippen LogP contribution in [0, 0.1) is 13.8 Å². The Balaban J connectivity index is 1.55. The summed E-state index contributed by atoms with van der Waals surface area (Å²) >= 11 is 1.69. The monoisotopic (exact) mass is 528 g/mol. The molecule has 0 heterocycles. The maximum atomic E-state index is 13.8. The summed E-state index contributed by atoms with van der Waals surface area (Å²) in [6.07, 6.45) is 6.45. The van der Waals surface area contributed by atoms with Gasteiger partial charge in [0.2, 0.25) is 11.8 Å². The number of amides is 2. The largest absolute Gasteiger partial charge is 0.352 e. The molecule has 4 rings (SSSR count). The maximum Gasteiger partial charge on any atom is 0.243 e. The Bertz CT molecular complexity index is 1160. The first-order valence-corrected chi connectivity index (χ1v) is 14.9. The van der Waals surface area contributed by atoms with Gasteiger partial charge in [-0.3, -0.25) is 9.59 Å². The fourth-order valence-electron chi connectivity index (χ4n) is 5.02. The predicted molar refractivity (Wildman–Crippen MR) is 157 cm³/mol. The van der Waals surface area contributed by atoms with Crippen LogP contribution in [0.4, 0.5) is 0 Å². The molecule has 3 aromatic carbocycles. The van der Waals surface area contributed by atoms with Gasteiger partial charge in [0.15, 0.2) is 0 Å². The summed E-state index contributed by atoms with van der Waals surface area (Å²) in [5.41, 5.74) is 4.50. The van der Waals surface area contributed by atoms with E-state index in [4.69, 9.17) is 0 Å². The van der Waals surface area contributed by atoms with E-state index < -0.39 is 6.04 Å². The van der Waals surface area contributed by atoms with Crippen LogP contribution in [-0.4, -0.2) is 34.6 Å². The molecule has 1 saturated carbocycles. The SMILES string of the molecule is Cc1ccc(CN(C(=O)CCSc2ccc(C)cc2)[C@H](Cc2ccccc2)C(=O)NC2CCCCC2)cc1. The van der Waals surface area contributed by atoms with Crippen molar-refractivity contribution in [1.29, 1.82) is 0 Å². The number of aryl methyl sites for hydroxylation is 2. The van der Waals surface area contributed by atoms with Crippen molar-refractivity contribution >= 4 is 23.6 Å². The van der Waals surface area contributed by atoms with Crippen molar-refractivity contribution in [3.63, 3.8) is 0 Å². The number of hydrogen-bond acceptors (Lipinski definition) is 3. The summed E-state index contributed by atoms with van der Waals surface area (Å²) in [5, 5.41) is 3.32. The molecule has 5 heteroatoms. The Morgan fingerprint density at radius 3 is 2.13 bits per heavy atom. The third-order valence-corrected chi connectivity index (χ3v) is 8.32. The van der Waals surface area contributed by atoms with E-state index in [0.29, 0.717) is 25.1 Å². The number of benzene rings is 3. The molecular weight excluding hydrogens is 488 g/mol. The van der Waals surface area contributed by atoms with Gasteiger partial charge in [0.25, 0.3) is 0 Å². The molecule has 1 N–H and O–H groups in total. The predicted octanol–water partition coefficient (Wildman–Crippen LogP) is 6.87. The van der Waals surface area contributed by atoms with Crippen LogP contribution in [0.5, 0.6) is 0 Å². The van der Waals surface area contributed by atoms with Crippen LogP contribution < -0.4 is 5.32 Å². The van der Waals surface area contributed by atoms with Crippen LogP contribution in [-0.2, 0) is 22.6 Å². The molecule has 0 bridgehead atoms. The standard InChI is InChI=1S/C33H40N2O2S/c1-25-13-17-28(18-14-25)24-35(32(36)21-22-38-30-19-15-26(2)16-20-30)31(23-27-9-5-3-6-10-27)33(37)34-29-11-7-4-8-12-29/h3,5-6,9-10,13-20,29,31H,4,7-8,11-12,21-24H2,1-2H3,(H,34,37)/t31-/m1/s1. The highest BCUT2D eigenvalue weighted by atomic mass is 32.2. The van der Waals surface area contributed by atoms with Crippen LogP contribution >= 0.6 is 11.8 Å². The highest BCUT2D eigenvalue weighted by molar-refractivity contribution is 7.99. The summed E-state index contributed by atoms with van der Waals surface area (Å²) in [6.45, 7) is 4.56. The molecule has 1 atom stereocenters. The quantitative estimate of drug-likeness (QED) is 0.276. The summed E-state index contributed by atoms with van der Waals surface area (Å²) in [6, 6.07) is 26.4. The molecule has 0 aliphatic heterocycles. The second-order valence-electron chi connectivity index (χ2n) is 10.5. The molecule has 0 unspecified atom stereocenters. The van der Waals surface area contributed by atoms with Gasteiger partial charge in [-0.2, -0.15) is 0 Å². The van der Waals surface area contributed by atoms with Gasteiger partial charge < -0.3 is 10.2 Å². The highest BCUT2D eigenvalue weighted by Gasteiger charge is 2.31. The number of hydrogen-bond donors (Lipinski definition) is 1. The van der Waals surface area contributed by atoms with Crippen molar-refractivity contribution in [2.45, 2.75) is 82.3 Å². The van der Waals surface area contributed by atoms with Gasteiger partial charge in [-0.1, -0.05) is 97.1 Å². The van der Waals surface area contributed by atoms with Crippen LogP contribution in [0.2, 0.25) is 0 Å². The average Bonchev–Trinajstić information content (AvgIpc) is 2.94. The molecule has 0 saturated heterocycles. The van der Waals surface area contributed by atoms with Gasteiger partial charge >= 0.3 is 0 Å². The number of nitrogens with zero attached hydrogens (tertiary/aromatic N) is 1. The van der Waals surface area contributed by atoms with Gasteiger partial charge in [0.1, 0.15) is 6.04 Å². The van der Waals surface area contributed by atoms with Crippen LogP contribution in [0.15, 0.2) is 83.8 Å². The molecule has 1 aliphatic rings. The molecule has 0 spiro atoms. The Labute approximate surface area is 232 Å². The third-order valence-electron chi connectivity index (χ3n) is 7.30. The molecule has 4 nitrogen and oxygen atoms in total. The Morgan fingerprint density at radius 1 is 0.842 bits per heavy atom. The number of carbonyl (C=O) groups excluding carboxylic acids is 2. The number of nitrogens with one attached hydrogen (secondary N) is 1. The Kier molecular flexibility index (Phi) is 10.5. The van der Waals surface area contributed by atoms with Crippen molar-refractivity contribution in [2.24, 2.45) is 0 Å². The first kappa shape index (κ1) is 28.0. The minimum absolute atomic E-state index is 0.0184. The van der Waals surface area contributed by atoms with E-state index in [9.17, 15) is 9.59 Å². The fraction of sp³-hybridized carbons (Fsp3) is 0.394. The normalized spacial score (nSPS) is 14.6. The van der Waals surface area contributed by atoms with Gasteiger partial charge in [-0.25, -0.2) is 0 Å². The number of carbonyl (C=O) groups is 2. The van der Waals surface area contributed by atoms with Gasteiger partial charge in [-0.15, -0.1) is 11.8 Å². The second kappa shape index (κ2) is 14.2. The summed E-state index contributed by atoms with van der Waals surface area (Å²) < 4.78 is 0. The molecule has 2 amide bonds. The lowest BCUT2D eigenvalue weighted by Gasteiger charge is -2.33. The van der Waals surface area contributed by atoms with Crippen molar-refractivity contribution in [1.82, 2.24) is 10.2 Å². The Hall–Kier alpha value is -3.05. The van der Waals surface area contributed by atoms with E-state index in [0.717, 1.165) is 41.7 Å². The molecule has 0 aromatic heterocycles. The van der Waals surface area contributed by atoms with E-state index >= 15 is 0 Å². The zero-order chi connectivity index (χ0) is 26.7. The highest BCUT2D eigenvalue weighted by Crippen LogP contribution is 2.23. The van der Waals surface area contributed by atoms with E-state index in [1.165, 1.54) is 17.5 Å². The minimum atomic E-state index is -0.558. The van der Waals surface area contributed by atoms with E-state index in [-0.39, 0.29) is 17.9 Å². The molecule has 200 valence electrons. The van der Waals surface area contributed by atoms with E-state index in [1.54, 1.807) is 11.8 Å². The number of rotatable bonds is 11. The second-order valence-corrected chi connectivity index (χ2v) is 11.6. The molecular formula is C33H40N2O2S. The molecule has 38 heavy (non-hydrogen) atoms. The van der Waals surface area contributed by atoms with Crippen molar-refractivity contribution in [3.8, 4) is 0 Å². The van der Waals surface area contributed by atoms with Gasteiger partial charge in [0, 0.05) is 36.1 Å². The van der Waals surface area contributed by atoms with Gasteiger partial charge in [0.05, 0.1) is 0 Å². The van der Waals surface area contributed by atoms with Crippen LogP contribution in [0.1, 0.15) is 60.8 Å². The van der Waals surface area contributed by atoms with Crippen LogP contribution in [0.25, 0.3) is 0 Å². The van der Waals surface area contributed by atoms with Gasteiger partial charge in [-0.05, 0) is 49.9 Å². The molecule has 1 fully saturated rings. The average molecular weight is 529 g/mol. The Morgan fingerprint density at radius 2 is 1.47 bits per heavy atom. The van der Waals surface area contributed by atoms with Crippen molar-refractivity contribution < 1.29 is 9.59 Å². The van der Waals surface area contributed by atoms with Crippen molar-refractivity contribution in [3.05, 3.63) is 101 Å². The minimum Gasteiger partial charge on any atom is -0.352 e. The maximum absolute atomic E-state index is 13.8. The molecule has 0 radical (unpaired) electrons. The zero-order valence-corrected chi connectivity index (χ0v) is 23.5. The van der Waals surface area contributed by atoms with Crippen LogP contribution in [0.3, 0.4) is 0 Å². The smallest absolute Gasteiger partial charge is 0.243 e. The first-order chi connectivity index (χ1) is 18.5. The van der Waals surface area contributed by atoms with E-state index in [1.807, 2.05) is 35.2 Å². The lowest BCUT2D eigenvalue weighted by atomic mass is 9.94. The fourth-order valence-corrected chi connectivity index (χ4v) is 5.86. The first-order valence-electron chi connectivity index (χ1n) is 13.9. The third kappa shape index (κ3) is 8.49. The molecule has 3 aromatic rings. The summed E-state index contributed by atoms with van der Waals surface area (Å²) in [4.78, 5) is 30.6. The lowest BCUT2D eigenvalue weighted by molar-refractivity contribution is -0.141.